The van der Waals surface area contributed by atoms with Crippen molar-refractivity contribution in [2.24, 2.45) is 4.99 Å². The first-order valence-electron chi connectivity index (χ1n) is 13.0. The second-order valence-corrected chi connectivity index (χ2v) is 9.56. The van der Waals surface area contributed by atoms with Gasteiger partial charge in [-0.15, -0.1) is 0 Å². The fourth-order valence-electron chi connectivity index (χ4n) is 4.49. The van der Waals surface area contributed by atoms with Gasteiger partial charge < -0.3 is 14.9 Å². The van der Waals surface area contributed by atoms with Crippen molar-refractivity contribution in [2.75, 3.05) is 43.5 Å². The lowest BCUT2D eigenvalue weighted by Crippen LogP contribution is -2.31. The maximum Gasteiger partial charge on any atom is 0.218 e. The number of H-pyrrole nitrogens is 1. The van der Waals surface area contributed by atoms with E-state index in [2.05, 4.69) is 20.1 Å². The molecule has 8 nitrogen and oxygen atoms in total. The highest BCUT2D eigenvalue weighted by Crippen LogP contribution is 2.43. The van der Waals surface area contributed by atoms with Crippen LogP contribution in [0.15, 0.2) is 66.1 Å². The van der Waals surface area contributed by atoms with Gasteiger partial charge in [0.25, 0.3) is 0 Å². The second kappa shape index (κ2) is 12.7. The molecule has 2 heterocycles. The van der Waals surface area contributed by atoms with Gasteiger partial charge in [-0.05, 0) is 47.5 Å². The number of aromatic amines is 1. The Morgan fingerprint density at radius 2 is 1.82 bits per heavy atom. The number of nitrogens with one attached hydrogen (secondary N) is 1. The van der Waals surface area contributed by atoms with E-state index < -0.39 is 5.82 Å². The summed E-state index contributed by atoms with van der Waals surface area (Å²) in [5.74, 6) is -0.590. The fourth-order valence-corrected chi connectivity index (χ4v) is 4.76. The second-order valence-electron chi connectivity index (χ2n) is 9.15. The van der Waals surface area contributed by atoms with Gasteiger partial charge in [-0.1, -0.05) is 31.5 Å². The number of anilines is 2. The number of benzene rings is 3. The van der Waals surface area contributed by atoms with Crippen LogP contribution in [0.5, 0.6) is 5.75 Å². The highest BCUT2D eigenvalue weighted by atomic mass is 35.5. The van der Waals surface area contributed by atoms with Crippen LogP contribution in [0, 0.1) is 5.82 Å². The molecule has 3 aromatic carbocycles. The van der Waals surface area contributed by atoms with Crippen molar-refractivity contribution in [3.8, 4) is 28.0 Å². The van der Waals surface area contributed by atoms with Crippen LogP contribution in [0.2, 0.25) is 5.02 Å². The van der Waals surface area contributed by atoms with Gasteiger partial charge in [0.15, 0.2) is 0 Å². The largest absolute Gasteiger partial charge is 0.507 e. The van der Waals surface area contributed by atoms with E-state index in [0.29, 0.717) is 41.9 Å². The van der Waals surface area contributed by atoms with E-state index >= 15 is 0 Å². The van der Waals surface area contributed by atoms with Crippen LogP contribution in [0.1, 0.15) is 13.8 Å². The predicted molar refractivity (Wildman–Crippen MR) is 162 cm³/mol. The Bertz CT molecular complexity index is 1570. The number of aromatic hydroxyl groups is 1. The van der Waals surface area contributed by atoms with Gasteiger partial charge in [0, 0.05) is 61.5 Å². The van der Waals surface area contributed by atoms with Crippen LogP contribution in [0.4, 0.5) is 15.8 Å². The Morgan fingerprint density at radius 1 is 1.07 bits per heavy atom. The van der Waals surface area contributed by atoms with Crippen LogP contribution in [0.25, 0.3) is 33.2 Å². The molecule has 0 aliphatic carbocycles. The minimum atomic E-state index is -0.507. The number of carbonyl (C=O) groups is 1. The smallest absolute Gasteiger partial charge is 0.218 e. The van der Waals surface area contributed by atoms with Crippen molar-refractivity contribution in [3.63, 3.8) is 0 Å². The topological polar surface area (TPSA) is 88.1 Å². The highest BCUT2D eigenvalue weighted by Gasteiger charge is 2.20. The Labute approximate surface area is 238 Å². The van der Waals surface area contributed by atoms with Crippen molar-refractivity contribution in [1.29, 1.82) is 0 Å². The average Bonchev–Trinajstić information content (AvgIpc) is 3.45. The highest BCUT2D eigenvalue weighted by molar-refractivity contribution is 6.34. The Balaban J connectivity index is 0.00000181. The van der Waals surface area contributed by atoms with Crippen molar-refractivity contribution in [2.45, 2.75) is 13.8 Å². The number of hydrogen-bond donors (Lipinski definition) is 2. The summed E-state index contributed by atoms with van der Waals surface area (Å²) >= 11 is 6.53. The number of aliphatic imine (C=N–C) groups is 1. The summed E-state index contributed by atoms with van der Waals surface area (Å²) in [6, 6.07) is 11.3. The maximum atomic E-state index is 15.0. The van der Waals surface area contributed by atoms with E-state index in [1.807, 2.05) is 46.3 Å². The predicted octanol–water partition coefficient (Wildman–Crippen LogP) is 6.31. The molecule has 1 aromatic heterocycles. The van der Waals surface area contributed by atoms with Crippen molar-refractivity contribution in [3.05, 3.63) is 71.9 Å². The van der Waals surface area contributed by atoms with Gasteiger partial charge in [0.2, 0.25) is 6.41 Å². The summed E-state index contributed by atoms with van der Waals surface area (Å²) in [7, 11) is 3.67. The van der Waals surface area contributed by atoms with Gasteiger partial charge >= 0.3 is 0 Å². The molecule has 0 spiro atoms. The molecule has 1 amide bonds. The normalized spacial score (nSPS) is 12.9. The molecule has 5 rings (SSSR count). The SMILES string of the molecule is CC.CN(C)/C=C\N(C=O)c1ccc(-c2cc(F)cc(-c3cc(N4CC=NCC4)c4cn[nH]c4c3)c2O)cc1Cl. The van der Waals surface area contributed by atoms with Crippen molar-refractivity contribution < 1.29 is 14.3 Å². The number of halogens is 2. The fraction of sp³-hybridized carbons (Fsp3) is 0.233. The number of phenols is 1. The van der Waals surface area contributed by atoms with Crippen LogP contribution in [0.3, 0.4) is 0 Å². The average molecular weight is 563 g/mol. The zero-order valence-corrected chi connectivity index (χ0v) is 23.7. The minimum Gasteiger partial charge on any atom is -0.507 e. The summed E-state index contributed by atoms with van der Waals surface area (Å²) in [5.41, 5.74) is 3.93. The van der Waals surface area contributed by atoms with Crippen LogP contribution >= 0.6 is 11.6 Å². The van der Waals surface area contributed by atoms with Gasteiger partial charge in [-0.3, -0.25) is 19.8 Å². The van der Waals surface area contributed by atoms with E-state index in [1.165, 1.54) is 17.0 Å². The van der Waals surface area contributed by atoms with E-state index in [0.717, 1.165) is 23.1 Å². The molecule has 0 saturated heterocycles. The maximum absolute atomic E-state index is 15.0. The zero-order chi connectivity index (χ0) is 28.8. The lowest BCUT2D eigenvalue weighted by atomic mass is 9.95. The standard InChI is InChI=1S/C28H26ClFN6O2.C2H6/c1-34(2)9-10-36(17-37)26-4-3-18(11-24(26)29)21-14-20(30)15-22(28(21)38)19-12-25-23(16-32-33-25)27(13-19)35-7-5-31-6-8-35;1-2/h3-5,9-17,38H,6-8H2,1-2H3,(H,32,33);1-2H3/b10-9-;. The van der Waals surface area contributed by atoms with Gasteiger partial charge in [-0.2, -0.15) is 5.10 Å². The molecule has 0 atom stereocenters. The molecular weight excluding hydrogens is 531 g/mol. The molecule has 0 bridgehead atoms. The third kappa shape index (κ3) is 5.94. The first kappa shape index (κ1) is 28.6. The van der Waals surface area contributed by atoms with Crippen molar-refractivity contribution >= 4 is 46.5 Å². The van der Waals surface area contributed by atoms with E-state index in [9.17, 15) is 14.3 Å². The number of aromatic nitrogens is 2. The number of nitrogens with zero attached hydrogens (tertiary/aromatic N) is 5. The number of rotatable bonds is 7. The van der Waals surface area contributed by atoms with Gasteiger partial charge in [0.1, 0.15) is 11.6 Å². The molecule has 1 aliphatic rings. The monoisotopic (exact) mass is 562 g/mol. The van der Waals surface area contributed by atoms with Crippen LogP contribution in [-0.4, -0.2) is 66.6 Å². The number of fused-ring (bicyclic) bond motifs is 1. The summed E-state index contributed by atoms with van der Waals surface area (Å²) in [5, 5.41) is 19.7. The summed E-state index contributed by atoms with van der Waals surface area (Å²) in [4.78, 5) is 21.2. The molecule has 1 aliphatic heterocycles. The van der Waals surface area contributed by atoms with E-state index in [-0.39, 0.29) is 16.3 Å². The molecular formula is C30H32ClFN6O2. The number of carbonyl (C=O) groups excluding carboxylic acids is 1. The van der Waals surface area contributed by atoms with Gasteiger partial charge in [0.05, 0.1) is 35.5 Å². The van der Waals surface area contributed by atoms with Gasteiger partial charge in [-0.25, -0.2) is 4.39 Å². The molecule has 40 heavy (non-hydrogen) atoms. The van der Waals surface area contributed by atoms with Crippen molar-refractivity contribution in [1.82, 2.24) is 15.1 Å². The third-order valence-electron chi connectivity index (χ3n) is 6.37. The summed E-state index contributed by atoms with van der Waals surface area (Å²) in [6.45, 7) is 6.08. The lowest BCUT2D eigenvalue weighted by Gasteiger charge is -2.26. The Kier molecular flexibility index (Phi) is 9.06. The third-order valence-corrected chi connectivity index (χ3v) is 6.67. The quantitative estimate of drug-likeness (QED) is 0.258. The number of hydrogen-bond acceptors (Lipinski definition) is 6. The molecule has 0 fully saturated rings. The first-order chi connectivity index (χ1) is 19.4. The summed E-state index contributed by atoms with van der Waals surface area (Å²) in [6.07, 6.45) is 7.58. The summed E-state index contributed by atoms with van der Waals surface area (Å²) < 4.78 is 15.0. The molecule has 0 saturated carbocycles. The molecule has 208 valence electrons. The zero-order valence-electron chi connectivity index (χ0n) is 22.9. The first-order valence-corrected chi connectivity index (χ1v) is 13.3. The van der Waals surface area contributed by atoms with Crippen LogP contribution in [-0.2, 0) is 4.79 Å². The molecule has 4 aromatic rings. The van der Waals surface area contributed by atoms with E-state index in [4.69, 9.17) is 11.6 Å². The molecule has 0 unspecified atom stereocenters. The Morgan fingerprint density at radius 3 is 2.48 bits per heavy atom. The minimum absolute atomic E-state index is 0.0833. The Hall–Kier alpha value is -4.37. The van der Waals surface area contributed by atoms with Crippen LogP contribution < -0.4 is 9.80 Å². The molecule has 2 N–H and O–H groups in total. The number of amides is 1. The number of phenolic OH excluding ortho intramolecular Hbond substituents is 1. The van der Waals surface area contributed by atoms with E-state index in [1.54, 1.807) is 41.7 Å². The lowest BCUT2D eigenvalue weighted by molar-refractivity contribution is -0.106. The molecule has 10 heteroatoms. The molecule has 0 radical (unpaired) electrons.